The van der Waals surface area contributed by atoms with E-state index in [2.05, 4.69) is 72.9 Å². The number of unbranched alkanes of at least 4 members (excludes halogenated alkanes) is 37. The number of rotatable bonds is 69. The molecule has 0 aromatic heterocycles. The minimum atomic E-state index is -1.27. The molecule has 4 amide bonds. The summed E-state index contributed by atoms with van der Waals surface area (Å²) in [5.74, 6) is -1.66. The Balaban J connectivity index is 5.19. The van der Waals surface area contributed by atoms with Gasteiger partial charge >= 0.3 is 0 Å². The first-order chi connectivity index (χ1) is 42.8. The van der Waals surface area contributed by atoms with Crippen LogP contribution in [0.4, 0.5) is 0 Å². The van der Waals surface area contributed by atoms with Crippen LogP contribution in [0.3, 0.4) is 0 Å². The molecule has 8 N–H and O–H groups in total. The van der Waals surface area contributed by atoms with Crippen molar-refractivity contribution < 1.29 is 39.6 Å². The molecule has 0 radical (unpaired) electrons. The van der Waals surface area contributed by atoms with E-state index in [0.29, 0.717) is 39.3 Å². The van der Waals surface area contributed by atoms with Crippen molar-refractivity contribution in [1.82, 2.24) is 40.9 Å². The second-order valence-electron chi connectivity index (χ2n) is 26.5. The van der Waals surface area contributed by atoms with Gasteiger partial charge in [-0.25, -0.2) is 0 Å². The van der Waals surface area contributed by atoms with Gasteiger partial charge in [0, 0.05) is 52.4 Å². The molecule has 88 heavy (non-hydrogen) atoms. The van der Waals surface area contributed by atoms with Crippen LogP contribution >= 0.6 is 0 Å². The summed E-state index contributed by atoms with van der Waals surface area (Å²) in [5, 5.41) is 55.9. The van der Waals surface area contributed by atoms with E-state index in [1.54, 1.807) is 0 Å². The SMILES string of the molecule is CCCCCCCCCCCCNC(=O)C(O)CN(CCCN(C)CCCCN(C)CCCN(CC(O)C(=O)NCCCCCCCCCCCC)CC(O)C(=O)NCCCCCCCCCCCC)CC(O)C(=O)NCCCCCCCCCCCC. The summed E-state index contributed by atoms with van der Waals surface area (Å²) in [6, 6.07) is 0. The molecule has 0 aliphatic carbocycles. The van der Waals surface area contributed by atoms with Gasteiger partial charge in [-0.3, -0.25) is 29.0 Å². The van der Waals surface area contributed by atoms with E-state index in [9.17, 15) is 39.6 Å². The zero-order valence-electron chi connectivity index (χ0n) is 58.5. The fourth-order valence-electron chi connectivity index (χ4n) is 11.7. The molecule has 0 aliphatic heterocycles. The zero-order valence-corrected chi connectivity index (χ0v) is 58.5. The number of hydrogen-bond acceptors (Lipinski definition) is 12. The maximum atomic E-state index is 13.1. The molecule has 0 aromatic rings. The molecule has 0 heterocycles. The minimum absolute atomic E-state index is 0.0330. The topological polar surface area (TPSA) is 210 Å². The summed E-state index contributed by atoms with van der Waals surface area (Å²) < 4.78 is 0. The van der Waals surface area contributed by atoms with Crippen LogP contribution in [0.2, 0.25) is 0 Å². The molecular formula is C72H146N8O8. The molecule has 0 fully saturated rings. The predicted octanol–water partition coefficient (Wildman–Crippen LogP) is 12.6. The van der Waals surface area contributed by atoms with Gasteiger partial charge in [0.1, 0.15) is 24.4 Å². The van der Waals surface area contributed by atoms with E-state index in [1.165, 1.54) is 180 Å². The summed E-state index contributed by atoms with van der Waals surface area (Å²) >= 11 is 0. The third-order valence-electron chi connectivity index (χ3n) is 17.6. The van der Waals surface area contributed by atoms with Gasteiger partial charge in [-0.1, -0.05) is 259 Å². The van der Waals surface area contributed by atoms with Gasteiger partial charge in [0.15, 0.2) is 0 Å². The van der Waals surface area contributed by atoms with Crippen molar-refractivity contribution in [2.75, 3.05) is 106 Å². The van der Waals surface area contributed by atoms with Gasteiger partial charge in [-0.15, -0.1) is 0 Å². The first-order valence-corrected chi connectivity index (χ1v) is 37.4. The highest BCUT2D eigenvalue weighted by molar-refractivity contribution is 5.82. The highest BCUT2D eigenvalue weighted by Crippen LogP contribution is 2.15. The van der Waals surface area contributed by atoms with Gasteiger partial charge in [0.25, 0.3) is 0 Å². The Morgan fingerprint density at radius 1 is 0.250 bits per heavy atom. The number of aliphatic hydroxyl groups excluding tert-OH is 4. The van der Waals surface area contributed by atoms with Gasteiger partial charge in [0.2, 0.25) is 23.6 Å². The fraction of sp³-hybridized carbons (Fsp3) is 0.944. The summed E-state index contributed by atoms with van der Waals surface area (Å²) in [7, 11) is 4.18. The Labute approximate surface area is 542 Å². The van der Waals surface area contributed by atoms with Crippen molar-refractivity contribution in [3.05, 3.63) is 0 Å². The number of nitrogens with zero attached hydrogens (tertiary/aromatic N) is 4. The molecule has 4 unspecified atom stereocenters. The van der Waals surface area contributed by atoms with Crippen LogP contribution in [-0.4, -0.2) is 194 Å². The standard InChI is InChI=1S/C72H146N8O8/c1-7-11-15-19-23-27-31-35-39-43-51-73-69(85)65(81)61-79(62-66(82)70(86)74-52-44-40-36-32-28-24-20-16-12-8-2)59-49-57-77(5)55-47-48-56-78(6)58-50-60-80(63-67(83)71(87)75-53-45-41-37-33-29-25-21-17-13-9-3)64-68(84)72(88)76-54-46-42-38-34-30-26-22-18-14-10-4/h65-68,81-84H,7-64H2,1-6H3,(H,73,85)(H,74,86)(H,75,87)(H,76,88). The number of nitrogens with one attached hydrogen (secondary N) is 4. The molecule has 4 atom stereocenters. The lowest BCUT2D eigenvalue weighted by atomic mass is 10.1. The first kappa shape index (κ1) is 85.6. The van der Waals surface area contributed by atoms with E-state index in [-0.39, 0.29) is 26.2 Å². The largest absolute Gasteiger partial charge is 0.382 e. The molecule has 0 rings (SSSR count). The second-order valence-corrected chi connectivity index (χ2v) is 26.5. The molecule has 0 saturated heterocycles. The average molecular weight is 1250 g/mol. The molecule has 522 valence electrons. The summed E-state index contributed by atoms with van der Waals surface area (Å²) in [4.78, 5) is 60.5. The number of aliphatic hydroxyl groups is 4. The Kier molecular flexibility index (Phi) is 62.9. The molecule has 0 aromatic carbocycles. The molecule has 0 bridgehead atoms. The maximum absolute atomic E-state index is 13.1. The Morgan fingerprint density at radius 2 is 0.420 bits per heavy atom. The molecule has 16 nitrogen and oxygen atoms in total. The van der Waals surface area contributed by atoms with Crippen molar-refractivity contribution in [3.8, 4) is 0 Å². The van der Waals surface area contributed by atoms with E-state index in [1.807, 2.05) is 9.80 Å². The summed E-state index contributed by atoms with van der Waals surface area (Å²) in [5.41, 5.74) is 0. The van der Waals surface area contributed by atoms with Crippen molar-refractivity contribution in [3.63, 3.8) is 0 Å². The number of carbonyl (C=O) groups is 4. The average Bonchev–Trinajstić information content (AvgIpc) is 3.58. The van der Waals surface area contributed by atoms with Crippen molar-refractivity contribution in [1.29, 1.82) is 0 Å². The van der Waals surface area contributed by atoms with Gasteiger partial charge < -0.3 is 51.5 Å². The maximum Gasteiger partial charge on any atom is 0.250 e. The van der Waals surface area contributed by atoms with Crippen molar-refractivity contribution in [2.45, 2.75) is 335 Å². The van der Waals surface area contributed by atoms with Gasteiger partial charge in [0.05, 0.1) is 0 Å². The number of hydrogen-bond donors (Lipinski definition) is 8. The van der Waals surface area contributed by atoms with Crippen LogP contribution in [0.25, 0.3) is 0 Å². The van der Waals surface area contributed by atoms with Crippen LogP contribution in [-0.2, 0) is 19.2 Å². The first-order valence-electron chi connectivity index (χ1n) is 37.4. The predicted molar refractivity (Wildman–Crippen MR) is 370 cm³/mol. The smallest absolute Gasteiger partial charge is 0.250 e. The summed E-state index contributed by atoms with van der Waals surface area (Å²) in [6.07, 6.45) is 46.6. The van der Waals surface area contributed by atoms with Crippen molar-refractivity contribution >= 4 is 23.6 Å². The van der Waals surface area contributed by atoms with Gasteiger partial charge in [-0.05, 0) is 105 Å². The van der Waals surface area contributed by atoms with E-state index in [4.69, 9.17) is 0 Å². The van der Waals surface area contributed by atoms with Crippen molar-refractivity contribution in [2.24, 2.45) is 0 Å². The van der Waals surface area contributed by atoms with E-state index >= 15 is 0 Å². The van der Waals surface area contributed by atoms with Crippen LogP contribution < -0.4 is 21.3 Å². The lowest BCUT2D eigenvalue weighted by molar-refractivity contribution is -0.133. The third kappa shape index (κ3) is 56.3. The van der Waals surface area contributed by atoms with Crippen LogP contribution in [0.5, 0.6) is 0 Å². The molecule has 16 heteroatoms. The Morgan fingerprint density at radius 3 is 0.614 bits per heavy atom. The lowest BCUT2D eigenvalue weighted by Gasteiger charge is -2.28. The zero-order chi connectivity index (χ0) is 64.8. The normalized spacial score (nSPS) is 13.2. The van der Waals surface area contributed by atoms with Crippen LogP contribution in [0.1, 0.15) is 310 Å². The monoisotopic (exact) mass is 1250 g/mol. The quantitative estimate of drug-likeness (QED) is 0.0268. The second kappa shape index (κ2) is 64.7. The van der Waals surface area contributed by atoms with E-state index in [0.717, 1.165) is 129 Å². The molecular weight excluding hydrogens is 1100 g/mol. The van der Waals surface area contributed by atoms with E-state index < -0.39 is 48.0 Å². The molecule has 0 saturated carbocycles. The highest BCUT2D eigenvalue weighted by Gasteiger charge is 2.26. The molecule has 0 spiro atoms. The number of amides is 4. The highest BCUT2D eigenvalue weighted by atomic mass is 16.3. The third-order valence-corrected chi connectivity index (χ3v) is 17.6. The van der Waals surface area contributed by atoms with Crippen LogP contribution in [0.15, 0.2) is 0 Å². The molecule has 0 aliphatic rings. The summed E-state index contributed by atoms with van der Waals surface area (Å²) in [6.45, 7) is 15.5. The Hall–Kier alpha value is -2.44. The minimum Gasteiger partial charge on any atom is -0.382 e. The fourth-order valence-corrected chi connectivity index (χ4v) is 11.7. The van der Waals surface area contributed by atoms with Gasteiger partial charge in [-0.2, -0.15) is 0 Å². The Bertz CT molecular complexity index is 1350. The van der Waals surface area contributed by atoms with Crippen LogP contribution in [0, 0.1) is 0 Å². The lowest BCUT2D eigenvalue weighted by Crippen LogP contribution is -2.48. The number of carbonyl (C=O) groups excluding carboxylic acids is 4.